The minimum absolute atomic E-state index is 0.0864. The van der Waals surface area contributed by atoms with E-state index < -0.39 is 0 Å². The Kier molecular flexibility index (Phi) is 3.12. The number of aldehydes is 1. The molecule has 0 spiro atoms. The minimum atomic E-state index is -0.148. The second-order valence-corrected chi connectivity index (χ2v) is 7.74. The van der Waals surface area contributed by atoms with Gasteiger partial charge in [-0.2, -0.15) is 0 Å². The van der Waals surface area contributed by atoms with Crippen LogP contribution in [0.3, 0.4) is 0 Å². The Balaban J connectivity index is 1.75. The van der Waals surface area contributed by atoms with Gasteiger partial charge in [-0.1, -0.05) is 13.0 Å². The molecule has 0 radical (unpaired) electrons. The van der Waals surface area contributed by atoms with Crippen LogP contribution in [0.25, 0.3) is 0 Å². The average molecular weight is 300 g/mol. The predicted octanol–water partition coefficient (Wildman–Crippen LogP) is 3.42. The number of aliphatic hydroxyl groups is 1. The van der Waals surface area contributed by atoms with E-state index >= 15 is 0 Å². The van der Waals surface area contributed by atoms with Gasteiger partial charge in [-0.25, -0.2) is 0 Å². The molecular weight excluding hydrogens is 276 g/mol. The highest BCUT2D eigenvalue weighted by atomic mass is 16.3. The van der Waals surface area contributed by atoms with Crippen molar-refractivity contribution < 1.29 is 15.0 Å². The largest absolute Gasteiger partial charge is 0.507 e. The van der Waals surface area contributed by atoms with Gasteiger partial charge in [0.25, 0.3) is 0 Å². The molecule has 0 heterocycles. The molecule has 0 unspecified atom stereocenters. The topological polar surface area (TPSA) is 57.5 Å². The number of hydrogen-bond acceptors (Lipinski definition) is 3. The molecule has 0 aliphatic heterocycles. The lowest BCUT2D eigenvalue weighted by molar-refractivity contribution is -0.0226. The Hall–Kier alpha value is -1.35. The van der Waals surface area contributed by atoms with Crippen molar-refractivity contribution in [2.75, 3.05) is 0 Å². The van der Waals surface area contributed by atoms with Gasteiger partial charge in [-0.3, -0.25) is 4.79 Å². The number of aliphatic hydroxyl groups excluding tert-OH is 1. The minimum Gasteiger partial charge on any atom is -0.507 e. The number of rotatable bonds is 1. The van der Waals surface area contributed by atoms with Gasteiger partial charge in [-0.05, 0) is 78.9 Å². The summed E-state index contributed by atoms with van der Waals surface area (Å²) >= 11 is 0. The Bertz CT molecular complexity index is 623. The number of aromatic hydroxyl groups is 1. The van der Waals surface area contributed by atoms with Gasteiger partial charge in [0.1, 0.15) is 5.75 Å². The molecule has 1 aromatic carbocycles. The molecule has 3 aliphatic carbocycles. The molecule has 1 aromatic rings. The fourth-order valence-electron chi connectivity index (χ4n) is 5.79. The molecule has 2 N–H and O–H groups in total. The lowest BCUT2D eigenvalue weighted by atomic mass is 9.55. The first-order valence-corrected chi connectivity index (χ1v) is 8.54. The van der Waals surface area contributed by atoms with Crippen molar-refractivity contribution in [3.63, 3.8) is 0 Å². The number of phenols is 1. The Morgan fingerprint density at radius 1 is 1.23 bits per heavy atom. The molecule has 4 rings (SSSR count). The van der Waals surface area contributed by atoms with Gasteiger partial charge in [0, 0.05) is 0 Å². The molecule has 3 nitrogen and oxygen atoms in total. The molecular formula is C19H24O3. The fourth-order valence-corrected chi connectivity index (χ4v) is 5.79. The zero-order chi connectivity index (χ0) is 15.5. The van der Waals surface area contributed by atoms with Crippen LogP contribution in [0, 0.1) is 17.3 Å². The molecule has 3 heteroatoms. The summed E-state index contributed by atoms with van der Waals surface area (Å²) in [7, 11) is 0. The maximum atomic E-state index is 11.3. The second-order valence-electron chi connectivity index (χ2n) is 7.74. The van der Waals surface area contributed by atoms with Crippen LogP contribution in [-0.2, 0) is 6.42 Å². The number of benzene rings is 1. The number of fused-ring (bicyclic) bond motifs is 5. The van der Waals surface area contributed by atoms with E-state index in [1.165, 1.54) is 5.56 Å². The molecule has 2 fully saturated rings. The first kappa shape index (κ1) is 14.3. The van der Waals surface area contributed by atoms with Crippen LogP contribution < -0.4 is 0 Å². The smallest absolute Gasteiger partial charge is 0.154 e. The van der Waals surface area contributed by atoms with E-state index in [1.54, 1.807) is 6.07 Å². The number of phenolic OH excluding ortho intramolecular Hbond substituents is 1. The summed E-state index contributed by atoms with van der Waals surface area (Å²) in [6.07, 6.45) is 6.84. The molecule has 3 aliphatic rings. The maximum absolute atomic E-state index is 11.3. The monoisotopic (exact) mass is 300 g/mol. The Morgan fingerprint density at radius 2 is 2.05 bits per heavy atom. The van der Waals surface area contributed by atoms with Crippen LogP contribution in [0.1, 0.15) is 66.4 Å². The molecule has 0 aromatic heterocycles. The van der Waals surface area contributed by atoms with Crippen molar-refractivity contribution in [1.29, 1.82) is 0 Å². The lowest BCUT2D eigenvalue weighted by Crippen LogP contribution is -2.44. The van der Waals surface area contributed by atoms with Crippen molar-refractivity contribution in [2.45, 2.75) is 57.5 Å². The van der Waals surface area contributed by atoms with Crippen molar-refractivity contribution in [1.82, 2.24) is 0 Å². The summed E-state index contributed by atoms with van der Waals surface area (Å²) in [5.41, 5.74) is 2.93. The van der Waals surface area contributed by atoms with E-state index in [-0.39, 0.29) is 17.3 Å². The third-order valence-electron chi connectivity index (χ3n) is 7.00. The van der Waals surface area contributed by atoms with Gasteiger partial charge >= 0.3 is 0 Å². The highest BCUT2D eigenvalue weighted by molar-refractivity contribution is 5.82. The third kappa shape index (κ3) is 1.75. The Labute approximate surface area is 131 Å². The SMILES string of the molecule is C[C@]12CC[C@@H]3c4ccc(O)c(C=O)c4CC[C@H]3[C@@H]1CC[C@@H]2O. The molecule has 5 atom stereocenters. The van der Waals surface area contributed by atoms with E-state index in [0.717, 1.165) is 50.4 Å². The van der Waals surface area contributed by atoms with E-state index in [9.17, 15) is 15.0 Å². The van der Waals surface area contributed by atoms with Crippen LogP contribution in [0.15, 0.2) is 12.1 Å². The molecule has 0 bridgehead atoms. The van der Waals surface area contributed by atoms with Crippen LogP contribution >= 0.6 is 0 Å². The molecule has 0 amide bonds. The first-order chi connectivity index (χ1) is 10.6. The van der Waals surface area contributed by atoms with Crippen LogP contribution in [0.5, 0.6) is 5.75 Å². The van der Waals surface area contributed by atoms with Gasteiger partial charge < -0.3 is 10.2 Å². The number of carbonyl (C=O) groups is 1. The molecule has 0 saturated heterocycles. The molecule has 22 heavy (non-hydrogen) atoms. The van der Waals surface area contributed by atoms with E-state index in [1.807, 2.05) is 6.07 Å². The van der Waals surface area contributed by atoms with E-state index in [2.05, 4.69) is 6.92 Å². The van der Waals surface area contributed by atoms with Gasteiger partial charge in [-0.15, -0.1) is 0 Å². The second kappa shape index (κ2) is 4.82. The van der Waals surface area contributed by atoms with Crippen LogP contribution in [0.4, 0.5) is 0 Å². The quantitative estimate of drug-likeness (QED) is 0.781. The number of hydrogen-bond donors (Lipinski definition) is 2. The summed E-state index contributed by atoms with van der Waals surface area (Å²) < 4.78 is 0. The van der Waals surface area contributed by atoms with Crippen molar-refractivity contribution in [3.05, 3.63) is 28.8 Å². The predicted molar refractivity (Wildman–Crippen MR) is 84.1 cm³/mol. The summed E-state index contributed by atoms with van der Waals surface area (Å²) in [5, 5.41) is 20.3. The van der Waals surface area contributed by atoms with Gasteiger partial charge in [0.05, 0.1) is 11.7 Å². The van der Waals surface area contributed by atoms with Gasteiger partial charge in [0.15, 0.2) is 6.29 Å². The normalized spacial score (nSPS) is 39.7. The highest BCUT2D eigenvalue weighted by Crippen LogP contribution is 2.61. The average Bonchev–Trinajstić information content (AvgIpc) is 2.82. The van der Waals surface area contributed by atoms with Gasteiger partial charge in [0.2, 0.25) is 0 Å². The standard InChI is InChI=1S/C19H24O3/c1-19-9-8-13-11-4-6-17(21)15(10-20)12(11)2-3-14(13)16(19)5-7-18(19)22/h4,6,10,13-14,16,18,21-22H,2-3,5,7-9H2,1H3/t13-,14-,16+,18+,19+/m1/s1. The zero-order valence-electron chi connectivity index (χ0n) is 13.1. The summed E-state index contributed by atoms with van der Waals surface area (Å²) in [4.78, 5) is 11.3. The van der Waals surface area contributed by atoms with E-state index in [4.69, 9.17) is 0 Å². The maximum Gasteiger partial charge on any atom is 0.154 e. The third-order valence-corrected chi connectivity index (χ3v) is 7.00. The number of carbonyl (C=O) groups excluding carboxylic acids is 1. The van der Waals surface area contributed by atoms with Crippen LogP contribution in [-0.4, -0.2) is 22.6 Å². The summed E-state index contributed by atoms with van der Waals surface area (Å²) in [5.74, 6) is 1.82. The van der Waals surface area contributed by atoms with Crippen molar-refractivity contribution in [2.24, 2.45) is 17.3 Å². The molecule has 118 valence electrons. The van der Waals surface area contributed by atoms with Crippen molar-refractivity contribution in [3.8, 4) is 5.75 Å². The van der Waals surface area contributed by atoms with Crippen molar-refractivity contribution >= 4 is 6.29 Å². The zero-order valence-corrected chi connectivity index (χ0v) is 13.1. The summed E-state index contributed by atoms with van der Waals surface area (Å²) in [6, 6.07) is 3.71. The highest BCUT2D eigenvalue weighted by Gasteiger charge is 2.54. The van der Waals surface area contributed by atoms with E-state index in [0.29, 0.717) is 23.3 Å². The fraction of sp³-hybridized carbons (Fsp3) is 0.632. The molecule has 2 saturated carbocycles. The lowest BCUT2D eigenvalue weighted by Gasteiger charge is -2.50. The van der Waals surface area contributed by atoms with Crippen LogP contribution in [0.2, 0.25) is 0 Å². The Morgan fingerprint density at radius 3 is 2.82 bits per heavy atom. The summed E-state index contributed by atoms with van der Waals surface area (Å²) in [6.45, 7) is 2.27. The first-order valence-electron chi connectivity index (χ1n) is 8.54.